The molecule has 1 rings (SSSR count). The standard InChI is InChI=1S/C26H39NO8/c1-8-16(4)24(29)34-21-12-11-19(14-22(21)35-25(30)17(5)9-2)13-20(26(31)32-7)27-15-18(6)33-23(28)10-3/h11-12,14,16-18,20,27H,8-10,13,15H2,1-7H3/t16?,17?,18?,20-/m0/s1. The molecule has 0 amide bonds. The number of rotatable bonds is 14. The van der Waals surface area contributed by atoms with Crippen molar-refractivity contribution < 1.29 is 38.1 Å². The minimum absolute atomic E-state index is 0.110. The van der Waals surface area contributed by atoms with E-state index in [1.54, 1.807) is 45.9 Å². The molecule has 0 spiro atoms. The van der Waals surface area contributed by atoms with E-state index in [1.807, 2.05) is 13.8 Å². The molecule has 0 radical (unpaired) electrons. The third kappa shape index (κ3) is 10.1. The van der Waals surface area contributed by atoms with Gasteiger partial charge in [-0.05, 0) is 43.9 Å². The smallest absolute Gasteiger partial charge is 0.323 e. The zero-order valence-corrected chi connectivity index (χ0v) is 21.8. The van der Waals surface area contributed by atoms with Crippen molar-refractivity contribution in [2.75, 3.05) is 13.7 Å². The fourth-order valence-electron chi connectivity index (χ4n) is 2.87. The molecule has 1 N–H and O–H groups in total. The van der Waals surface area contributed by atoms with Crippen LogP contribution in [0.25, 0.3) is 0 Å². The Hall–Kier alpha value is -2.94. The Morgan fingerprint density at radius 2 is 1.43 bits per heavy atom. The van der Waals surface area contributed by atoms with Gasteiger partial charge in [-0.2, -0.15) is 0 Å². The third-order valence-corrected chi connectivity index (χ3v) is 5.66. The Morgan fingerprint density at radius 1 is 0.857 bits per heavy atom. The van der Waals surface area contributed by atoms with Crippen molar-refractivity contribution in [1.82, 2.24) is 5.32 Å². The van der Waals surface area contributed by atoms with Crippen LogP contribution in [0, 0.1) is 11.8 Å². The summed E-state index contributed by atoms with van der Waals surface area (Å²) in [7, 11) is 1.29. The SMILES string of the molecule is CCC(=O)OC(C)CN[C@@H](Cc1ccc(OC(=O)C(C)CC)c(OC(=O)C(C)CC)c1)C(=O)OC. The molecular weight excluding hydrogens is 454 g/mol. The van der Waals surface area contributed by atoms with Crippen molar-refractivity contribution in [2.24, 2.45) is 11.8 Å². The van der Waals surface area contributed by atoms with Crippen LogP contribution in [0.15, 0.2) is 18.2 Å². The second kappa shape index (κ2) is 15.1. The predicted molar refractivity (Wildman–Crippen MR) is 130 cm³/mol. The van der Waals surface area contributed by atoms with Gasteiger partial charge in [0, 0.05) is 13.0 Å². The monoisotopic (exact) mass is 493 g/mol. The van der Waals surface area contributed by atoms with Gasteiger partial charge >= 0.3 is 23.9 Å². The van der Waals surface area contributed by atoms with Crippen molar-refractivity contribution in [2.45, 2.75) is 79.4 Å². The first-order chi connectivity index (χ1) is 16.6. The summed E-state index contributed by atoms with van der Waals surface area (Å²) in [4.78, 5) is 48.7. The molecular formula is C26H39NO8. The highest BCUT2D eigenvalue weighted by atomic mass is 16.6. The van der Waals surface area contributed by atoms with E-state index in [-0.39, 0.29) is 48.7 Å². The molecule has 0 aliphatic carbocycles. The van der Waals surface area contributed by atoms with Gasteiger partial charge in [-0.15, -0.1) is 0 Å². The average Bonchev–Trinajstić information content (AvgIpc) is 2.85. The largest absolute Gasteiger partial charge is 0.468 e. The maximum Gasteiger partial charge on any atom is 0.323 e. The Bertz CT molecular complexity index is 869. The van der Waals surface area contributed by atoms with Crippen molar-refractivity contribution in [1.29, 1.82) is 0 Å². The summed E-state index contributed by atoms with van der Waals surface area (Å²) in [6.45, 7) is 10.9. The second-order valence-electron chi connectivity index (χ2n) is 8.58. The van der Waals surface area contributed by atoms with E-state index in [1.165, 1.54) is 7.11 Å². The molecule has 0 bridgehead atoms. The second-order valence-corrected chi connectivity index (χ2v) is 8.58. The fourth-order valence-corrected chi connectivity index (χ4v) is 2.87. The van der Waals surface area contributed by atoms with Crippen LogP contribution in [0.1, 0.15) is 66.4 Å². The van der Waals surface area contributed by atoms with E-state index in [4.69, 9.17) is 18.9 Å². The number of carbonyl (C=O) groups is 4. The Labute approximate surface area is 207 Å². The molecule has 0 saturated carbocycles. The number of nitrogens with one attached hydrogen (secondary N) is 1. The lowest BCUT2D eigenvalue weighted by Crippen LogP contribution is -2.43. The molecule has 9 nitrogen and oxygen atoms in total. The molecule has 3 unspecified atom stereocenters. The summed E-state index contributed by atoms with van der Waals surface area (Å²) < 4.78 is 21.2. The molecule has 4 atom stereocenters. The Kier molecular flexibility index (Phi) is 13.0. The van der Waals surface area contributed by atoms with Crippen LogP contribution < -0.4 is 14.8 Å². The number of methoxy groups -OCH3 is 1. The van der Waals surface area contributed by atoms with Gasteiger partial charge in [0.2, 0.25) is 0 Å². The van der Waals surface area contributed by atoms with Gasteiger partial charge in [0.25, 0.3) is 0 Å². The summed E-state index contributed by atoms with van der Waals surface area (Å²) in [5.41, 5.74) is 0.654. The lowest BCUT2D eigenvalue weighted by molar-refractivity contribution is -0.148. The number of benzene rings is 1. The molecule has 9 heteroatoms. The number of ether oxygens (including phenoxy) is 4. The third-order valence-electron chi connectivity index (χ3n) is 5.66. The lowest BCUT2D eigenvalue weighted by atomic mass is 10.0. The van der Waals surface area contributed by atoms with Crippen molar-refractivity contribution in [3.8, 4) is 11.5 Å². The number of carbonyl (C=O) groups excluding carboxylic acids is 4. The maximum absolute atomic E-state index is 12.5. The van der Waals surface area contributed by atoms with Crippen LogP contribution in [-0.4, -0.2) is 49.7 Å². The van der Waals surface area contributed by atoms with Crippen LogP contribution in [0.3, 0.4) is 0 Å². The first-order valence-electron chi connectivity index (χ1n) is 12.1. The first-order valence-corrected chi connectivity index (χ1v) is 12.1. The summed E-state index contributed by atoms with van der Waals surface area (Å²) in [6.07, 6.45) is 1.22. The molecule has 1 aromatic rings. The molecule has 0 heterocycles. The number of hydrogen-bond acceptors (Lipinski definition) is 9. The fraction of sp³-hybridized carbons (Fsp3) is 0.615. The molecule has 35 heavy (non-hydrogen) atoms. The van der Waals surface area contributed by atoms with E-state index < -0.39 is 30.1 Å². The summed E-state index contributed by atoms with van der Waals surface area (Å²) in [6, 6.07) is 4.08. The van der Waals surface area contributed by atoms with Crippen LogP contribution in [-0.2, 0) is 35.1 Å². The molecule has 1 aromatic carbocycles. The average molecular weight is 494 g/mol. The van der Waals surface area contributed by atoms with Gasteiger partial charge in [0.05, 0.1) is 18.9 Å². The maximum atomic E-state index is 12.5. The molecule has 0 saturated heterocycles. The van der Waals surface area contributed by atoms with E-state index in [0.29, 0.717) is 18.4 Å². The van der Waals surface area contributed by atoms with Gasteiger partial charge in [-0.25, -0.2) is 0 Å². The van der Waals surface area contributed by atoms with Gasteiger partial charge in [0.1, 0.15) is 12.1 Å². The van der Waals surface area contributed by atoms with E-state index in [0.717, 1.165) is 0 Å². The Balaban J connectivity index is 3.13. The zero-order chi connectivity index (χ0) is 26.5. The van der Waals surface area contributed by atoms with Gasteiger partial charge in [0.15, 0.2) is 11.5 Å². The van der Waals surface area contributed by atoms with Crippen LogP contribution in [0.4, 0.5) is 0 Å². The summed E-state index contributed by atoms with van der Waals surface area (Å²) in [5, 5.41) is 3.06. The van der Waals surface area contributed by atoms with E-state index in [9.17, 15) is 19.2 Å². The zero-order valence-electron chi connectivity index (χ0n) is 21.8. The topological polar surface area (TPSA) is 117 Å². The van der Waals surface area contributed by atoms with Gasteiger partial charge < -0.3 is 24.3 Å². The minimum atomic E-state index is -0.741. The minimum Gasteiger partial charge on any atom is -0.468 e. The van der Waals surface area contributed by atoms with Gasteiger partial charge in [-0.3, -0.25) is 19.2 Å². The first kappa shape index (κ1) is 30.1. The van der Waals surface area contributed by atoms with Crippen LogP contribution in [0.5, 0.6) is 11.5 Å². The summed E-state index contributed by atoms with van der Waals surface area (Å²) >= 11 is 0. The van der Waals surface area contributed by atoms with E-state index >= 15 is 0 Å². The van der Waals surface area contributed by atoms with Crippen molar-refractivity contribution >= 4 is 23.9 Å². The quantitative estimate of drug-likeness (QED) is 0.306. The van der Waals surface area contributed by atoms with Crippen molar-refractivity contribution in [3.63, 3.8) is 0 Å². The molecule has 0 aliphatic heterocycles. The molecule has 0 fully saturated rings. The van der Waals surface area contributed by atoms with Gasteiger partial charge in [-0.1, -0.05) is 40.7 Å². The number of hydrogen-bond donors (Lipinski definition) is 1. The molecule has 0 aliphatic rings. The van der Waals surface area contributed by atoms with Crippen LogP contribution >= 0.6 is 0 Å². The summed E-state index contributed by atoms with van der Waals surface area (Å²) in [5.74, 6) is -2.10. The van der Waals surface area contributed by atoms with Crippen LogP contribution in [0.2, 0.25) is 0 Å². The molecule has 196 valence electrons. The normalized spacial score (nSPS) is 14.3. The predicted octanol–water partition coefficient (Wildman–Crippen LogP) is 3.61. The molecule has 0 aromatic heterocycles. The Morgan fingerprint density at radius 3 is 1.94 bits per heavy atom. The highest BCUT2D eigenvalue weighted by Crippen LogP contribution is 2.31. The highest BCUT2D eigenvalue weighted by molar-refractivity contribution is 5.79. The highest BCUT2D eigenvalue weighted by Gasteiger charge is 2.24. The lowest BCUT2D eigenvalue weighted by Gasteiger charge is -2.20. The van der Waals surface area contributed by atoms with Crippen molar-refractivity contribution in [3.05, 3.63) is 23.8 Å². The van der Waals surface area contributed by atoms with E-state index in [2.05, 4.69) is 5.32 Å². The number of esters is 4.